The fraction of sp³-hybridized carbons (Fsp3) is 0.727. The predicted molar refractivity (Wildman–Crippen MR) is 76.3 cm³/mol. The number of hydrogen-bond acceptors (Lipinski definition) is 4. The van der Waals surface area contributed by atoms with Crippen LogP contribution < -0.4 is 5.32 Å². The number of nitrogens with one attached hydrogen (secondary N) is 1. The van der Waals surface area contributed by atoms with Gasteiger partial charge in [0.2, 0.25) is 0 Å². The summed E-state index contributed by atoms with van der Waals surface area (Å²) >= 11 is 7.26. The number of halogens is 1. The first kappa shape index (κ1) is 12.9. The van der Waals surface area contributed by atoms with Crippen molar-refractivity contribution < 1.29 is 0 Å². The minimum atomic E-state index is 0.356. The van der Waals surface area contributed by atoms with Crippen molar-refractivity contribution in [3.8, 4) is 0 Å². The lowest BCUT2D eigenvalue weighted by Gasteiger charge is -2.25. The lowest BCUT2D eigenvalue weighted by atomic mass is 10.1. The third kappa shape index (κ3) is 3.22. The molecule has 1 fully saturated rings. The molecule has 16 heavy (non-hydrogen) atoms. The van der Waals surface area contributed by atoms with E-state index in [1.54, 1.807) is 11.3 Å². The second kappa shape index (κ2) is 5.38. The summed E-state index contributed by atoms with van der Waals surface area (Å²) in [6.07, 6.45) is 4.57. The Morgan fingerprint density at radius 2 is 2.50 bits per heavy atom. The quantitative estimate of drug-likeness (QED) is 0.912. The molecule has 2 heterocycles. The van der Waals surface area contributed by atoms with E-state index < -0.39 is 0 Å². The molecule has 90 valence electrons. The van der Waals surface area contributed by atoms with Crippen LogP contribution in [0.2, 0.25) is 0 Å². The topological polar surface area (TPSA) is 24.9 Å². The van der Waals surface area contributed by atoms with Crippen molar-refractivity contribution in [3.63, 3.8) is 0 Å². The summed E-state index contributed by atoms with van der Waals surface area (Å²) < 4.78 is 1.54. The van der Waals surface area contributed by atoms with Gasteiger partial charge in [-0.1, -0.05) is 0 Å². The van der Waals surface area contributed by atoms with Gasteiger partial charge in [0, 0.05) is 11.3 Å². The monoisotopic (exact) mass is 320 g/mol. The molecule has 0 aliphatic carbocycles. The van der Waals surface area contributed by atoms with Gasteiger partial charge in [0.15, 0.2) is 0 Å². The lowest BCUT2D eigenvalue weighted by molar-refractivity contribution is 0.489. The van der Waals surface area contributed by atoms with Crippen LogP contribution in [0.3, 0.4) is 0 Å². The van der Waals surface area contributed by atoms with Crippen LogP contribution in [0.25, 0.3) is 0 Å². The van der Waals surface area contributed by atoms with Crippen molar-refractivity contribution in [2.24, 2.45) is 0 Å². The molecule has 1 aromatic heterocycles. The molecule has 2 unspecified atom stereocenters. The highest BCUT2D eigenvalue weighted by Gasteiger charge is 2.29. The van der Waals surface area contributed by atoms with Crippen LogP contribution in [0.15, 0.2) is 9.98 Å². The fourth-order valence-corrected chi connectivity index (χ4v) is 4.43. The summed E-state index contributed by atoms with van der Waals surface area (Å²) in [5.41, 5.74) is 0. The van der Waals surface area contributed by atoms with Gasteiger partial charge in [-0.15, -0.1) is 11.3 Å². The van der Waals surface area contributed by atoms with E-state index in [1.807, 2.05) is 6.20 Å². The Morgan fingerprint density at radius 1 is 1.69 bits per heavy atom. The van der Waals surface area contributed by atoms with Gasteiger partial charge >= 0.3 is 0 Å². The van der Waals surface area contributed by atoms with E-state index in [1.165, 1.54) is 23.6 Å². The van der Waals surface area contributed by atoms with Crippen LogP contribution in [0, 0.1) is 0 Å². The number of thioether (sulfide) groups is 1. The molecular weight excluding hydrogens is 304 g/mol. The molecule has 0 aromatic carbocycles. The Kier molecular flexibility index (Phi) is 4.32. The first-order valence-electron chi connectivity index (χ1n) is 5.58. The van der Waals surface area contributed by atoms with Gasteiger partial charge in [-0.25, -0.2) is 4.98 Å². The van der Waals surface area contributed by atoms with Crippen LogP contribution in [-0.2, 0) is 0 Å². The van der Waals surface area contributed by atoms with Crippen LogP contribution in [0.4, 0.5) is 0 Å². The molecule has 0 saturated carbocycles. The van der Waals surface area contributed by atoms with E-state index in [0.29, 0.717) is 10.8 Å². The summed E-state index contributed by atoms with van der Waals surface area (Å²) in [4.78, 5) is 4.39. The van der Waals surface area contributed by atoms with E-state index in [4.69, 9.17) is 0 Å². The van der Waals surface area contributed by atoms with Gasteiger partial charge in [-0.05, 0) is 48.4 Å². The Labute approximate surface area is 114 Å². The highest BCUT2D eigenvalue weighted by Crippen LogP contribution is 2.37. The van der Waals surface area contributed by atoms with E-state index in [2.05, 4.69) is 51.8 Å². The van der Waals surface area contributed by atoms with E-state index in [-0.39, 0.29) is 0 Å². The molecule has 2 rings (SSSR count). The minimum absolute atomic E-state index is 0.356. The zero-order valence-corrected chi connectivity index (χ0v) is 12.8. The highest BCUT2D eigenvalue weighted by molar-refractivity contribution is 9.11. The fourth-order valence-electron chi connectivity index (χ4n) is 1.90. The highest BCUT2D eigenvalue weighted by atomic mass is 79.9. The molecule has 5 heteroatoms. The molecule has 0 amide bonds. The van der Waals surface area contributed by atoms with E-state index in [9.17, 15) is 0 Å². The van der Waals surface area contributed by atoms with Crippen LogP contribution in [-0.4, -0.2) is 22.0 Å². The van der Waals surface area contributed by atoms with Gasteiger partial charge in [0.1, 0.15) is 5.01 Å². The van der Waals surface area contributed by atoms with Gasteiger partial charge in [0.05, 0.1) is 16.0 Å². The largest absolute Gasteiger partial charge is 0.307 e. The maximum atomic E-state index is 4.39. The third-order valence-electron chi connectivity index (χ3n) is 2.95. The number of hydrogen-bond donors (Lipinski definition) is 1. The predicted octanol–water partition coefficient (Wildman–Crippen LogP) is 3.84. The van der Waals surface area contributed by atoms with Crippen LogP contribution in [0.5, 0.6) is 0 Å². The van der Waals surface area contributed by atoms with Crippen molar-refractivity contribution in [3.05, 3.63) is 15.0 Å². The third-order valence-corrected chi connectivity index (χ3v) is 6.15. The molecule has 1 aliphatic heterocycles. The minimum Gasteiger partial charge on any atom is -0.307 e. The van der Waals surface area contributed by atoms with Gasteiger partial charge < -0.3 is 5.32 Å². The smallest absolute Gasteiger partial charge is 0.110 e. The first-order chi connectivity index (χ1) is 7.59. The summed E-state index contributed by atoms with van der Waals surface area (Å²) in [5, 5.41) is 4.77. The van der Waals surface area contributed by atoms with Crippen LogP contribution >= 0.6 is 39.0 Å². The molecule has 0 radical (unpaired) electrons. The van der Waals surface area contributed by atoms with E-state index in [0.717, 1.165) is 10.3 Å². The molecule has 1 saturated heterocycles. The first-order valence-corrected chi connectivity index (χ1v) is 8.17. The van der Waals surface area contributed by atoms with Gasteiger partial charge in [-0.2, -0.15) is 11.8 Å². The summed E-state index contributed by atoms with van der Waals surface area (Å²) in [7, 11) is 0. The lowest BCUT2D eigenvalue weighted by Crippen LogP contribution is -2.34. The van der Waals surface area contributed by atoms with Gasteiger partial charge in [0.25, 0.3) is 0 Å². The normalized spacial score (nSPS) is 27.2. The van der Waals surface area contributed by atoms with Crippen LogP contribution in [0.1, 0.15) is 37.7 Å². The molecule has 1 aromatic rings. The molecule has 1 aliphatic rings. The zero-order valence-electron chi connectivity index (χ0n) is 9.62. The summed E-state index contributed by atoms with van der Waals surface area (Å²) in [6, 6.07) is 0.356. The van der Waals surface area contributed by atoms with Crippen molar-refractivity contribution in [1.29, 1.82) is 0 Å². The number of aromatic nitrogens is 1. The second-order valence-electron chi connectivity index (χ2n) is 4.51. The second-order valence-corrected chi connectivity index (χ2v) is 8.63. The maximum Gasteiger partial charge on any atom is 0.110 e. The molecule has 2 atom stereocenters. The van der Waals surface area contributed by atoms with Crippen molar-refractivity contribution >= 4 is 39.0 Å². The summed E-state index contributed by atoms with van der Waals surface area (Å²) in [5.74, 6) is 1.31. The van der Waals surface area contributed by atoms with Gasteiger partial charge in [-0.3, -0.25) is 0 Å². The number of nitrogens with zero attached hydrogens (tertiary/aromatic N) is 1. The summed E-state index contributed by atoms with van der Waals surface area (Å²) in [6.45, 7) is 5.63. The molecular formula is C11H17BrN2S2. The molecule has 0 spiro atoms. The van der Waals surface area contributed by atoms with E-state index >= 15 is 0 Å². The maximum absolute atomic E-state index is 4.39. The number of rotatable bonds is 4. The Bertz CT molecular complexity index is 348. The molecule has 1 N–H and O–H groups in total. The number of thiazole rings is 1. The van der Waals surface area contributed by atoms with Crippen molar-refractivity contribution in [1.82, 2.24) is 10.3 Å². The molecule has 2 nitrogen and oxygen atoms in total. The van der Waals surface area contributed by atoms with Crippen molar-refractivity contribution in [2.75, 3.05) is 12.3 Å². The molecule has 0 bridgehead atoms. The Morgan fingerprint density at radius 3 is 3.06 bits per heavy atom. The average molecular weight is 321 g/mol. The SMILES string of the molecule is CC(NCC1(C)CCCS1)c1ncc(Br)s1. The van der Waals surface area contributed by atoms with Crippen molar-refractivity contribution in [2.45, 2.75) is 37.5 Å². The Hall–Kier alpha value is 0.420. The average Bonchev–Trinajstić information content (AvgIpc) is 2.85. The standard InChI is InChI=1S/C11H17BrN2S2/c1-8(10-13-6-9(12)16-10)14-7-11(2)4-3-5-15-11/h6,8,14H,3-5,7H2,1-2H3. The Balaban J connectivity index is 1.86. The zero-order chi connectivity index (χ0) is 11.6.